The number of carbonyl (C=O) groups excluding carboxylic acids is 4. The zero-order chi connectivity index (χ0) is 25.7. The normalized spacial score (nSPS) is 16.3. The van der Waals surface area contributed by atoms with Gasteiger partial charge < -0.3 is 24.3 Å². The molecule has 1 aromatic rings. The Morgan fingerprint density at radius 1 is 1.03 bits per heavy atom. The van der Waals surface area contributed by atoms with Crippen LogP contribution >= 0.6 is 0 Å². The molecule has 11 nitrogen and oxygen atoms in total. The first kappa shape index (κ1) is 26.2. The molecule has 34 heavy (non-hydrogen) atoms. The van der Waals surface area contributed by atoms with Gasteiger partial charge in [0.05, 0.1) is 38.5 Å². The molecule has 182 valence electrons. The van der Waals surface area contributed by atoms with E-state index in [0.29, 0.717) is 0 Å². The predicted octanol–water partition coefficient (Wildman–Crippen LogP) is 1.47. The zero-order valence-electron chi connectivity index (χ0n) is 20.0. The second-order valence-corrected chi connectivity index (χ2v) is 8.17. The minimum atomic E-state index is -1.31. The van der Waals surface area contributed by atoms with Gasteiger partial charge in [0.2, 0.25) is 5.90 Å². The maximum absolute atomic E-state index is 13.0. The highest BCUT2D eigenvalue weighted by molar-refractivity contribution is 6.01. The van der Waals surface area contributed by atoms with Gasteiger partial charge in [-0.15, -0.1) is 0 Å². The van der Waals surface area contributed by atoms with E-state index >= 15 is 0 Å². The van der Waals surface area contributed by atoms with Gasteiger partial charge in [0.15, 0.2) is 0 Å². The fourth-order valence-corrected chi connectivity index (χ4v) is 2.92. The van der Waals surface area contributed by atoms with Gasteiger partial charge in [-0.3, -0.25) is 4.79 Å². The lowest BCUT2D eigenvalue weighted by atomic mass is 9.93. The number of esters is 3. The quantitative estimate of drug-likeness (QED) is 0.354. The predicted molar refractivity (Wildman–Crippen MR) is 120 cm³/mol. The number of aromatic nitrogens is 1. The first-order valence-corrected chi connectivity index (χ1v) is 10.1. The number of hydrogen-bond acceptors (Lipinski definition) is 10. The van der Waals surface area contributed by atoms with E-state index in [1.807, 2.05) is 0 Å². The van der Waals surface area contributed by atoms with Crippen molar-refractivity contribution in [3.63, 3.8) is 0 Å². The van der Waals surface area contributed by atoms with Crippen LogP contribution in [0.4, 0.5) is 0 Å². The number of hydrogen-bond donors (Lipinski definition) is 1. The molecular weight excluding hydrogens is 446 g/mol. The van der Waals surface area contributed by atoms with E-state index in [-0.39, 0.29) is 28.6 Å². The van der Waals surface area contributed by atoms with Crippen molar-refractivity contribution in [1.82, 2.24) is 10.3 Å². The van der Waals surface area contributed by atoms with E-state index in [0.717, 1.165) is 20.3 Å². The molecule has 11 heteroatoms. The van der Waals surface area contributed by atoms with Crippen molar-refractivity contribution in [3.05, 3.63) is 53.1 Å². The van der Waals surface area contributed by atoms with Gasteiger partial charge in [-0.2, -0.15) is 0 Å². The van der Waals surface area contributed by atoms with E-state index in [1.54, 1.807) is 26.0 Å². The molecular formula is C23H27N3O8. The average Bonchev–Trinajstić information content (AvgIpc) is 3.10. The van der Waals surface area contributed by atoms with Gasteiger partial charge in [0.25, 0.3) is 5.91 Å². The molecule has 0 unspecified atom stereocenters. The largest absolute Gasteiger partial charge is 0.466 e. The second kappa shape index (κ2) is 10.3. The molecule has 0 saturated carbocycles. The van der Waals surface area contributed by atoms with Crippen molar-refractivity contribution in [2.75, 3.05) is 21.3 Å². The molecule has 1 aliphatic rings. The number of carbonyl (C=O) groups is 4. The van der Waals surface area contributed by atoms with Gasteiger partial charge in [0, 0.05) is 6.08 Å². The molecule has 2 rings (SSSR count). The lowest BCUT2D eigenvalue weighted by Gasteiger charge is -2.27. The highest BCUT2D eigenvalue weighted by atomic mass is 16.5. The number of rotatable bonds is 7. The van der Waals surface area contributed by atoms with Crippen molar-refractivity contribution >= 4 is 29.7 Å². The van der Waals surface area contributed by atoms with E-state index in [1.165, 1.54) is 33.1 Å². The summed E-state index contributed by atoms with van der Waals surface area (Å²) < 4.78 is 19.7. The smallest absolute Gasteiger partial charge is 0.336 e. The third-order valence-corrected chi connectivity index (χ3v) is 4.81. The number of ether oxygens (including phenoxy) is 4. The summed E-state index contributed by atoms with van der Waals surface area (Å²) in [4.78, 5) is 57.2. The third-order valence-electron chi connectivity index (χ3n) is 4.81. The van der Waals surface area contributed by atoms with E-state index < -0.39 is 34.9 Å². The van der Waals surface area contributed by atoms with Crippen molar-refractivity contribution < 1.29 is 38.1 Å². The van der Waals surface area contributed by atoms with Gasteiger partial charge in [-0.05, 0) is 39.8 Å². The molecule has 1 N–H and O–H groups in total. The summed E-state index contributed by atoms with van der Waals surface area (Å²) in [6, 6.07) is 4.63. The van der Waals surface area contributed by atoms with Crippen LogP contribution in [0.25, 0.3) is 0 Å². The molecule has 0 fully saturated rings. The fraction of sp³-hybridized carbons (Fsp3) is 0.391. The standard InChI is InChI=1S/C23H27N3O8/c1-22(2,13(21(30)33-7)11-17(27)31-5)25-19(29)14-9-8-10-15(24-14)20-26-23(3,4)16(34-20)12-18(28)32-6/h8-12H,1-7H3,(H,25,29)/b13-11+,16-12+. The number of amides is 1. The third kappa shape index (κ3) is 6.06. The minimum Gasteiger partial charge on any atom is -0.466 e. The molecule has 0 spiro atoms. The number of methoxy groups -OCH3 is 3. The van der Waals surface area contributed by atoms with Crippen molar-refractivity contribution in [3.8, 4) is 0 Å². The summed E-state index contributed by atoms with van der Waals surface area (Å²) in [6.07, 6.45) is 2.14. The molecule has 1 amide bonds. The van der Waals surface area contributed by atoms with Crippen LogP contribution in [-0.4, -0.2) is 67.1 Å². The summed E-state index contributed by atoms with van der Waals surface area (Å²) in [6.45, 7) is 6.54. The molecule has 1 aliphatic heterocycles. The summed E-state index contributed by atoms with van der Waals surface area (Å²) in [7, 11) is 3.57. The van der Waals surface area contributed by atoms with Crippen molar-refractivity contribution in [2.24, 2.45) is 4.99 Å². The van der Waals surface area contributed by atoms with Crippen LogP contribution in [0, 0.1) is 0 Å². The van der Waals surface area contributed by atoms with Crippen LogP contribution in [0.1, 0.15) is 43.9 Å². The summed E-state index contributed by atoms with van der Waals surface area (Å²) in [5.41, 5.74) is -2.02. The average molecular weight is 473 g/mol. The van der Waals surface area contributed by atoms with Crippen LogP contribution in [0.5, 0.6) is 0 Å². The molecule has 2 heterocycles. The summed E-state index contributed by atoms with van der Waals surface area (Å²) in [5, 5.41) is 2.66. The Bertz CT molecular complexity index is 1100. The Balaban J connectivity index is 2.32. The van der Waals surface area contributed by atoms with Crippen LogP contribution in [0.3, 0.4) is 0 Å². The zero-order valence-corrected chi connectivity index (χ0v) is 20.0. The van der Waals surface area contributed by atoms with Gasteiger partial charge in [-0.1, -0.05) is 6.07 Å². The molecule has 0 saturated heterocycles. The topological polar surface area (TPSA) is 142 Å². The van der Waals surface area contributed by atoms with Crippen LogP contribution in [0.15, 0.2) is 46.7 Å². The second-order valence-electron chi connectivity index (χ2n) is 8.17. The van der Waals surface area contributed by atoms with E-state index in [9.17, 15) is 19.2 Å². The lowest BCUT2D eigenvalue weighted by molar-refractivity contribution is -0.139. The highest BCUT2D eigenvalue weighted by Crippen LogP contribution is 2.30. The van der Waals surface area contributed by atoms with Crippen LogP contribution in [-0.2, 0) is 33.3 Å². The molecule has 0 radical (unpaired) electrons. The van der Waals surface area contributed by atoms with Crippen molar-refractivity contribution in [2.45, 2.75) is 38.8 Å². The Morgan fingerprint density at radius 3 is 2.26 bits per heavy atom. The number of pyridine rings is 1. The molecule has 0 atom stereocenters. The van der Waals surface area contributed by atoms with Crippen molar-refractivity contribution in [1.29, 1.82) is 0 Å². The molecule has 0 aliphatic carbocycles. The summed E-state index contributed by atoms with van der Waals surface area (Å²) >= 11 is 0. The monoisotopic (exact) mass is 473 g/mol. The molecule has 0 aromatic carbocycles. The number of nitrogens with one attached hydrogen (secondary N) is 1. The number of aliphatic imine (C=N–C) groups is 1. The summed E-state index contributed by atoms with van der Waals surface area (Å²) in [5.74, 6) is -2.42. The van der Waals surface area contributed by atoms with E-state index in [4.69, 9.17) is 9.47 Å². The van der Waals surface area contributed by atoms with Gasteiger partial charge in [0.1, 0.15) is 22.7 Å². The van der Waals surface area contributed by atoms with E-state index in [2.05, 4.69) is 24.8 Å². The SMILES string of the molecule is COC(=O)/C=C(\C(=O)OC)C(C)(C)NC(=O)c1cccc(C2=NC(C)(C)/C(=C\C(=O)OC)O2)n1. The molecule has 0 bridgehead atoms. The van der Waals surface area contributed by atoms with Gasteiger partial charge >= 0.3 is 17.9 Å². The minimum absolute atomic E-state index is 0.00219. The first-order chi connectivity index (χ1) is 15.8. The number of nitrogens with zero attached hydrogens (tertiary/aromatic N) is 2. The maximum atomic E-state index is 13.0. The first-order valence-electron chi connectivity index (χ1n) is 10.1. The Labute approximate surface area is 196 Å². The Hall–Kier alpha value is -4.02. The fourth-order valence-electron chi connectivity index (χ4n) is 2.92. The highest BCUT2D eigenvalue weighted by Gasteiger charge is 2.36. The maximum Gasteiger partial charge on any atom is 0.336 e. The van der Waals surface area contributed by atoms with Crippen LogP contribution in [0.2, 0.25) is 0 Å². The van der Waals surface area contributed by atoms with Crippen LogP contribution < -0.4 is 5.32 Å². The van der Waals surface area contributed by atoms with Gasteiger partial charge in [-0.25, -0.2) is 24.4 Å². The Kier molecular flexibility index (Phi) is 7.93. The molecule has 1 aromatic heterocycles. The lowest BCUT2D eigenvalue weighted by Crippen LogP contribution is -2.47. The Morgan fingerprint density at radius 2 is 1.68 bits per heavy atom.